The van der Waals surface area contributed by atoms with E-state index in [4.69, 9.17) is 10.5 Å². The zero-order chi connectivity index (χ0) is 23.4. The molecule has 0 spiro atoms. The maximum Gasteiger partial charge on any atom is 0.317 e. The molecule has 10 heteroatoms. The molecule has 4 aromatic rings. The number of nitrogen functional groups attached to an aromatic ring is 1. The van der Waals surface area contributed by atoms with Gasteiger partial charge in [-0.15, -0.1) is 0 Å². The van der Waals surface area contributed by atoms with Crippen molar-refractivity contribution in [2.45, 2.75) is 31.0 Å². The summed E-state index contributed by atoms with van der Waals surface area (Å²) in [6.45, 7) is 1.47. The number of pyridine rings is 2. The lowest BCUT2D eigenvalue weighted by molar-refractivity contribution is 0.107. The molecule has 0 saturated carbocycles. The van der Waals surface area contributed by atoms with E-state index in [-0.39, 0.29) is 46.3 Å². The summed E-state index contributed by atoms with van der Waals surface area (Å²) in [6, 6.07) is 5.99. The first-order chi connectivity index (χ1) is 16.4. The minimum atomic E-state index is -0.881. The van der Waals surface area contributed by atoms with Gasteiger partial charge in [0.05, 0.1) is 5.54 Å². The van der Waals surface area contributed by atoms with E-state index in [1.807, 2.05) is 0 Å². The largest absolute Gasteiger partial charge is 0.461 e. The Kier molecular flexibility index (Phi) is 4.80. The predicted octanol–water partition coefficient (Wildman–Crippen LogP) is 4.06. The van der Waals surface area contributed by atoms with Gasteiger partial charge >= 0.3 is 6.01 Å². The smallest absolute Gasteiger partial charge is 0.317 e. The summed E-state index contributed by atoms with van der Waals surface area (Å²) in [5.74, 6) is -1.22. The molecule has 5 heterocycles. The van der Waals surface area contributed by atoms with Crippen LogP contribution in [-0.2, 0) is 0 Å². The number of hydrogen-bond donors (Lipinski definition) is 1. The second kappa shape index (κ2) is 7.76. The van der Waals surface area contributed by atoms with E-state index in [9.17, 15) is 8.78 Å². The van der Waals surface area contributed by atoms with E-state index < -0.39 is 17.8 Å². The number of nitrogens with two attached hydrogens (primary N) is 1. The van der Waals surface area contributed by atoms with Crippen LogP contribution in [0.25, 0.3) is 33.1 Å². The van der Waals surface area contributed by atoms with Crippen molar-refractivity contribution in [1.82, 2.24) is 24.8 Å². The van der Waals surface area contributed by atoms with Gasteiger partial charge < -0.3 is 10.5 Å². The molecule has 0 radical (unpaired) electrons. The SMILES string of the molecule is Nc1cc2cccc(F)c2c(-c2ncc3cnc(OC[C@@]45CCCN4C[C@H](F)C5)nc3c2F)n1. The minimum Gasteiger partial charge on any atom is -0.461 e. The van der Waals surface area contributed by atoms with Crippen LogP contribution in [0.15, 0.2) is 36.7 Å². The van der Waals surface area contributed by atoms with Gasteiger partial charge in [0.1, 0.15) is 41.3 Å². The lowest BCUT2D eigenvalue weighted by Gasteiger charge is -2.30. The van der Waals surface area contributed by atoms with Crippen molar-refractivity contribution in [2.24, 2.45) is 0 Å². The van der Waals surface area contributed by atoms with Crippen LogP contribution in [0.4, 0.5) is 19.0 Å². The van der Waals surface area contributed by atoms with Crippen molar-refractivity contribution in [2.75, 3.05) is 25.4 Å². The fourth-order valence-corrected chi connectivity index (χ4v) is 5.29. The fourth-order valence-electron chi connectivity index (χ4n) is 5.29. The van der Waals surface area contributed by atoms with E-state index in [0.717, 1.165) is 19.4 Å². The summed E-state index contributed by atoms with van der Waals surface area (Å²) < 4.78 is 50.2. The molecule has 7 nitrogen and oxygen atoms in total. The summed E-state index contributed by atoms with van der Waals surface area (Å²) in [5, 5.41) is 0.960. The number of rotatable bonds is 4. The van der Waals surface area contributed by atoms with Gasteiger partial charge in [-0.25, -0.2) is 23.1 Å². The van der Waals surface area contributed by atoms with E-state index in [0.29, 0.717) is 23.7 Å². The van der Waals surface area contributed by atoms with E-state index in [1.165, 1.54) is 24.5 Å². The second-order valence-electron chi connectivity index (χ2n) is 8.97. The molecule has 6 rings (SSSR count). The van der Waals surface area contributed by atoms with Gasteiger partial charge in [-0.3, -0.25) is 9.88 Å². The van der Waals surface area contributed by atoms with Crippen LogP contribution in [0.3, 0.4) is 0 Å². The first-order valence-corrected chi connectivity index (χ1v) is 11.1. The van der Waals surface area contributed by atoms with Crippen LogP contribution >= 0.6 is 0 Å². The van der Waals surface area contributed by atoms with Gasteiger partial charge in [-0.05, 0) is 36.9 Å². The molecule has 0 amide bonds. The first kappa shape index (κ1) is 21.0. The van der Waals surface area contributed by atoms with Gasteiger partial charge in [0.25, 0.3) is 0 Å². The van der Waals surface area contributed by atoms with Crippen molar-refractivity contribution in [3.63, 3.8) is 0 Å². The van der Waals surface area contributed by atoms with Crippen molar-refractivity contribution >= 4 is 27.5 Å². The number of halogens is 3. The molecule has 0 unspecified atom stereocenters. The highest BCUT2D eigenvalue weighted by Crippen LogP contribution is 2.40. The number of anilines is 1. The average Bonchev–Trinajstić information content (AvgIpc) is 3.33. The quantitative estimate of drug-likeness (QED) is 0.485. The van der Waals surface area contributed by atoms with E-state index in [2.05, 4.69) is 24.8 Å². The monoisotopic (exact) mass is 466 g/mol. The zero-order valence-corrected chi connectivity index (χ0v) is 18.1. The number of benzene rings is 1. The molecule has 2 N–H and O–H groups in total. The molecular formula is C24H21F3N6O. The number of alkyl halides is 1. The van der Waals surface area contributed by atoms with Crippen molar-refractivity contribution < 1.29 is 17.9 Å². The molecule has 2 aliphatic rings. The van der Waals surface area contributed by atoms with Crippen LogP contribution in [-0.4, -0.2) is 56.2 Å². The molecule has 1 aromatic carbocycles. The molecule has 0 aliphatic carbocycles. The Morgan fingerprint density at radius 2 is 1.97 bits per heavy atom. The molecular weight excluding hydrogens is 445 g/mol. The van der Waals surface area contributed by atoms with Crippen molar-refractivity contribution in [1.29, 1.82) is 0 Å². The fraction of sp³-hybridized carbons (Fsp3) is 0.333. The van der Waals surface area contributed by atoms with Crippen LogP contribution in [0.1, 0.15) is 19.3 Å². The third-order valence-electron chi connectivity index (χ3n) is 6.83. The van der Waals surface area contributed by atoms with Crippen LogP contribution in [0.2, 0.25) is 0 Å². The van der Waals surface area contributed by atoms with Gasteiger partial charge in [0.2, 0.25) is 0 Å². The van der Waals surface area contributed by atoms with Gasteiger partial charge in [0, 0.05) is 36.1 Å². The number of hydrogen-bond acceptors (Lipinski definition) is 7. The maximum absolute atomic E-state index is 15.7. The highest BCUT2D eigenvalue weighted by atomic mass is 19.1. The third-order valence-corrected chi connectivity index (χ3v) is 6.83. The average molecular weight is 466 g/mol. The number of fused-ring (bicyclic) bond motifs is 3. The molecule has 2 atom stereocenters. The number of nitrogens with zero attached hydrogens (tertiary/aromatic N) is 5. The highest BCUT2D eigenvalue weighted by molar-refractivity contribution is 5.97. The summed E-state index contributed by atoms with van der Waals surface area (Å²) in [6.07, 6.45) is 4.16. The van der Waals surface area contributed by atoms with Crippen molar-refractivity contribution in [3.8, 4) is 17.4 Å². The normalized spacial score (nSPS) is 22.5. The zero-order valence-electron chi connectivity index (χ0n) is 18.1. The van der Waals surface area contributed by atoms with E-state index >= 15 is 4.39 Å². The topological polar surface area (TPSA) is 90.0 Å². The second-order valence-corrected chi connectivity index (χ2v) is 8.97. The summed E-state index contributed by atoms with van der Waals surface area (Å²) >= 11 is 0. The lowest BCUT2D eigenvalue weighted by Crippen LogP contribution is -2.43. The highest BCUT2D eigenvalue weighted by Gasteiger charge is 2.49. The van der Waals surface area contributed by atoms with Gasteiger partial charge in [0.15, 0.2) is 5.82 Å². The summed E-state index contributed by atoms with van der Waals surface area (Å²) in [7, 11) is 0. The predicted molar refractivity (Wildman–Crippen MR) is 121 cm³/mol. The van der Waals surface area contributed by atoms with Gasteiger partial charge in [-0.1, -0.05) is 12.1 Å². The molecule has 34 heavy (non-hydrogen) atoms. The Labute approximate surface area is 192 Å². The van der Waals surface area contributed by atoms with Crippen LogP contribution in [0, 0.1) is 11.6 Å². The van der Waals surface area contributed by atoms with E-state index in [1.54, 1.807) is 12.1 Å². The standard InChI is InChI=1S/C24H21F3N6O/c25-15-8-24(5-2-6-33(24)11-15)12-34-23-30-10-14-9-29-22(19(27)20(14)32-23)21-18-13(7-17(28)31-21)3-1-4-16(18)26/h1,3-4,7,9-10,15H,2,5-6,8,11-12H2,(H2,28,31)/t15-,24+/m1/s1. The molecule has 2 saturated heterocycles. The molecule has 2 aliphatic heterocycles. The molecule has 0 bridgehead atoms. The summed E-state index contributed by atoms with van der Waals surface area (Å²) in [5.41, 5.74) is 5.31. The summed E-state index contributed by atoms with van der Waals surface area (Å²) in [4.78, 5) is 18.9. The first-order valence-electron chi connectivity index (χ1n) is 11.1. The third kappa shape index (κ3) is 3.32. The molecule has 3 aromatic heterocycles. The molecule has 174 valence electrons. The number of ether oxygens (including phenoxy) is 1. The van der Waals surface area contributed by atoms with Gasteiger partial charge in [-0.2, -0.15) is 4.98 Å². The van der Waals surface area contributed by atoms with Crippen LogP contribution in [0.5, 0.6) is 6.01 Å². The number of aromatic nitrogens is 4. The molecule has 2 fully saturated rings. The Morgan fingerprint density at radius 3 is 2.85 bits per heavy atom. The van der Waals surface area contributed by atoms with Crippen LogP contribution < -0.4 is 10.5 Å². The van der Waals surface area contributed by atoms with Crippen molar-refractivity contribution in [3.05, 3.63) is 48.3 Å². The maximum atomic E-state index is 15.7. The Morgan fingerprint density at radius 1 is 1.12 bits per heavy atom. The minimum absolute atomic E-state index is 0.00555. The Hall–Kier alpha value is -3.53. The lowest BCUT2D eigenvalue weighted by atomic mass is 9.95. The Balaban J connectivity index is 1.39. The Bertz CT molecular complexity index is 1430.